The Bertz CT molecular complexity index is 1150. The molecule has 208 valence electrons. The van der Waals surface area contributed by atoms with Crippen molar-refractivity contribution < 1.29 is 42.5 Å². The number of aliphatic hydroxyl groups excluding tert-OH is 1. The third-order valence-corrected chi connectivity index (χ3v) is 11.4. The van der Waals surface area contributed by atoms with Crippen LogP contribution < -0.4 is 0 Å². The van der Waals surface area contributed by atoms with Gasteiger partial charge in [-0.25, -0.2) is 13.6 Å². The lowest BCUT2D eigenvalue weighted by molar-refractivity contribution is -0.226. The summed E-state index contributed by atoms with van der Waals surface area (Å²) in [5.74, 6) is -3.79. The van der Waals surface area contributed by atoms with Crippen LogP contribution in [0.2, 0.25) is 0 Å². The molecule has 1 N–H and O–H groups in total. The van der Waals surface area contributed by atoms with Crippen molar-refractivity contribution in [3.63, 3.8) is 0 Å². The molecule has 0 aromatic carbocycles. The van der Waals surface area contributed by atoms with Gasteiger partial charge >= 0.3 is 11.9 Å². The predicted molar refractivity (Wildman–Crippen MR) is 134 cm³/mol. The topological polar surface area (TPSA) is 107 Å². The van der Waals surface area contributed by atoms with Crippen molar-refractivity contribution in [3.05, 3.63) is 23.8 Å². The lowest BCUT2D eigenvalue weighted by atomic mass is 9.45. The van der Waals surface area contributed by atoms with Crippen LogP contribution in [0.25, 0.3) is 0 Å². The van der Waals surface area contributed by atoms with E-state index in [2.05, 4.69) is 0 Å². The molecule has 0 aromatic rings. The van der Waals surface area contributed by atoms with E-state index in [-0.39, 0.29) is 18.8 Å². The van der Waals surface area contributed by atoms with Gasteiger partial charge < -0.3 is 14.6 Å². The zero-order valence-electron chi connectivity index (χ0n) is 22.0. The standard InChI is InChI=1S/C28H34F2O7S/c1-14-11-19-18-6-5-16-12-17(31)7-9-25(16,3)27(18,30)21(32)13-26(19,4)28(14,37-22(33)15(2)29)24(35)38-20-8-10-36-23(20)34/h7,9,12,14-15,18-21,32H,5-6,8,10-11,13H2,1-4H3/t14-,15?,18+,19+,20+,21+,25+,26+,27+,28+/m1/s1. The highest BCUT2D eigenvalue weighted by Gasteiger charge is 2.77. The number of thioether (sulfide) groups is 1. The Hall–Kier alpha value is -2.07. The number of esters is 2. The minimum atomic E-state index is -2.13. The van der Waals surface area contributed by atoms with E-state index in [1.807, 2.05) is 0 Å². The summed E-state index contributed by atoms with van der Waals surface area (Å²) in [7, 11) is 0. The number of hydrogen-bond donors (Lipinski definition) is 1. The number of carbonyl (C=O) groups is 4. The van der Waals surface area contributed by atoms with Crippen LogP contribution in [-0.2, 0) is 28.7 Å². The largest absolute Gasteiger partial charge is 0.465 e. The highest BCUT2D eigenvalue weighted by molar-refractivity contribution is 8.14. The molecular weight excluding hydrogens is 518 g/mol. The number of fused-ring (bicyclic) bond motifs is 5. The first-order chi connectivity index (χ1) is 17.7. The second-order valence-electron chi connectivity index (χ2n) is 12.0. The van der Waals surface area contributed by atoms with Gasteiger partial charge in [0.1, 0.15) is 5.25 Å². The normalized spacial score (nSPS) is 46.4. The zero-order chi connectivity index (χ0) is 27.8. The number of ketones is 1. The molecule has 10 atom stereocenters. The molecule has 0 spiro atoms. The van der Waals surface area contributed by atoms with Gasteiger partial charge in [-0.3, -0.25) is 14.4 Å². The van der Waals surface area contributed by atoms with Crippen molar-refractivity contribution in [2.24, 2.45) is 28.6 Å². The van der Waals surface area contributed by atoms with Crippen LogP contribution >= 0.6 is 11.8 Å². The molecule has 0 amide bonds. The number of hydrogen-bond acceptors (Lipinski definition) is 8. The highest BCUT2D eigenvalue weighted by Crippen LogP contribution is 2.72. The molecule has 0 bridgehead atoms. The van der Waals surface area contributed by atoms with Gasteiger partial charge in [0.15, 0.2) is 23.2 Å². The molecular formula is C28H34F2O7S. The SMILES string of the molecule is CC(F)C(=O)O[C@]1(C(=O)S[C@H]2CCOC2=O)[C@H](C)C[C@H]2[C@@H]3CCC4=CC(=O)C=C[C@]4(C)[C@@]3(F)[C@@H](O)C[C@@]21C. The van der Waals surface area contributed by atoms with Crippen molar-refractivity contribution in [2.45, 2.75) is 88.6 Å². The average Bonchev–Trinajstić information content (AvgIpc) is 3.34. The molecule has 7 nitrogen and oxygen atoms in total. The summed E-state index contributed by atoms with van der Waals surface area (Å²) in [6, 6.07) is 0. The maximum absolute atomic E-state index is 17.4. The van der Waals surface area contributed by atoms with Gasteiger partial charge in [-0.2, -0.15) is 0 Å². The Labute approximate surface area is 224 Å². The van der Waals surface area contributed by atoms with E-state index in [0.29, 0.717) is 31.3 Å². The fourth-order valence-corrected chi connectivity index (χ4v) is 9.55. The second-order valence-corrected chi connectivity index (χ2v) is 13.2. The summed E-state index contributed by atoms with van der Waals surface area (Å²) in [5, 5.41) is 10.2. The molecule has 3 saturated carbocycles. The number of rotatable bonds is 4. The van der Waals surface area contributed by atoms with Crippen LogP contribution in [0.15, 0.2) is 23.8 Å². The Morgan fingerprint density at radius 1 is 1.24 bits per heavy atom. The van der Waals surface area contributed by atoms with Gasteiger partial charge in [0.05, 0.1) is 12.7 Å². The van der Waals surface area contributed by atoms with Crippen LogP contribution in [0.4, 0.5) is 8.78 Å². The van der Waals surface area contributed by atoms with Crippen LogP contribution in [0, 0.1) is 28.6 Å². The summed E-state index contributed by atoms with van der Waals surface area (Å²) in [6.45, 7) is 6.34. The van der Waals surface area contributed by atoms with Gasteiger partial charge in [-0.05, 0) is 57.6 Å². The van der Waals surface area contributed by atoms with E-state index in [1.165, 1.54) is 12.2 Å². The van der Waals surface area contributed by atoms with Crippen molar-refractivity contribution in [1.29, 1.82) is 0 Å². The summed E-state index contributed by atoms with van der Waals surface area (Å²) >= 11 is 0.724. The minimum absolute atomic E-state index is 0.170. The quantitative estimate of drug-likeness (QED) is 0.525. The van der Waals surface area contributed by atoms with Gasteiger partial charge in [-0.1, -0.05) is 37.3 Å². The highest BCUT2D eigenvalue weighted by atomic mass is 32.2. The fourth-order valence-electron chi connectivity index (χ4n) is 8.27. The molecule has 4 aliphatic carbocycles. The first-order valence-electron chi connectivity index (χ1n) is 13.3. The maximum Gasteiger partial charge on any atom is 0.341 e. The minimum Gasteiger partial charge on any atom is -0.465 e. The van der Waals surface area contributed by atoms with E-state index in [1.54, 1.807) is 26.8 Å². The lowest BCUT2D eigenvalue weighted by Crippen LogP contribution is -2.69. The van der Waals surface area contributed by atoms with E-state index >= 15 is 4.39 Å². The third-order valence-electron chi connectivity index (χ3n) is 10.2. The lowest BCUT2D eigenvalue weighted by Gasteiger charge is -2.62. The van der Waals surface area contributed by atoms with Crippen molar-refractivity contribution in [2.75, 3.05) is 6.61 Å². The maximum atomic E-state index is 17.4. The Kier molecular flexibility index (Phi) is 6.50. The number of carbonyl (C=O) groups excluding carboxylic acids is 4. The molecule has 4 fully saturated rings. The van der Waals surface area contributed by atoms with E-state index in [0.717, 1.165) is 18.7 Å². The molecule has 1 aliphatic heterocycles. The molecule has 5 aliphatic rings. The number of allylic oxidation sites excluding steroid dienone is 4. The van der Waals surface area contributed by atoms with E-state index < -0.39 is 74.4 Å². The number of cyclic esters (lactones) is 1. The number of alkyl halides is 2. The third kappa shape index (κ3) is 3.47. The Morgan fingerprint density at radius 3 is 2.58 bits per heavy atom. The fraction of sp³-hybridized carbons (Fsp3) is 0.714. The van der Waals surface area contributed by atoms with Crippen molar-refractivity contribution in [3.8, 4) is 0 Å². The monoisotopic (exact) mass is 552 g/mol. The second kappa shape index (κ2) is 8.98. The van der Waals surface area contributed by atoms with Crippen LogP contribution in [-0.4, -0.2) is 63.3 Å². The molecule has 10 heteroatoms. The molecule has 1 unspecified atom stereocenters. The summed E-state index contributed by atoms with van der Waals surface area (Å²) < 4.78 is 42.4. The Morgan fingerprint density at radius 2 is 1.95 bits per heavy atom. The van der Waals surface area contributed by atoms with Gasteiger partial charge in [0.2, 0.25) is 5.12 Å². The van der Waals surface area contributed by atoms with Gasteiger partial charge in [0, 0.05) is 29.1 Å². The molecule has 38 heavy (non-hydrogen) atoms. The first-order valence-corrected chi connectivity index (χ1v) is 14.2. The number of aliphatic hydroxyl groups is 1. The Balaban J connectivity index is 1.60. The average molecular weight is 553 g/mol. The number of halogens is 2. The zero-order valence-corrected chi connectivity index (χ0v) is 22.8. The van der Waals surface area contributed by atoms with Crippen LogP contribution in [0.1, 0.15) is 59.8 Å². The molecule has 0 radical (unpaired) electrons. The van der Waals surface area contributed by atoms with Crippen LogP contribution in [0.5, 0.6) is 0 Å². The molecule has 5 rings (SSSR count). The summed E-state index contributed by atoms with van der Waals surface area (Å²) in [4.78, 5) is 51.1. The van der Waals surface area contributed by atoms with E-state index in [9.17, 15) is 28.7 Å². The molecule has 1 saturated heterocycles. The van der Waals surface area contributed by atoms with Crippen molar-refractivity contribution in [1.82, 2.24) is 0 Å². The summed E-state index contributed by atoms with van der Waals surface area (Å²) in [5.41, 5.74) is -5.81. The number of ether oxygens (including phenoxy) is 2. The molecule has 0 aromatic heterocycles. The predicted octanol–water partition coefficient (Wildman–Crippen LogP) is 3.82. The van der Waals surface area contributed by atoms with E-state index in [4.69, 9.17) is 9.47 Å². The van der Waals surface area contributed by atoms with Gasteiger partial charge in [-0.15, -0.1) is 0 Å². The smallest absolute Gasteiger partial charge is 0.341 e. The van der Waals surface area contributed by atoms with Crippen LogP contribution in [0.3, 0.4) is 0 Å². The van der Waals surface area contributed by atoms with Gasteiger partial charge in [0.25, 0.3) is 0 Å². The summed E-state index contributed by atoms with van der Waals surface area (Å²) in [6.07, 6.45) is 1.96. The first kappa shape index (κ1) is 27.5. The molecule has 1 heterocycles. The van der Waals surface area contributed by atoms with Crippen molar-refractivity contribution >= 4 is 34.6 Å².